The molecule has 0 spiro atoms. The van der Waals surface area contributed by atoms with Gasteiger partial charge in [0.1, 0.15) is 0 Å². The van der Waals surface area contributed by atoms with Crippen LogP contribution in [-0.4, -0.2) is 45.8 Å². The van der Waals surface area contributed by atoms with Crippen molar-refractivity contribution in [2.24, 2.45) is 0 Å². The molecule has 32 heavy (non-hydrogen) atoms. The Morgan fingerprint density at radius 3 is 2.41 bits per heavy atom. The fourth-order valence-electron chi connectivity index (χ4n) is 4.08. The number of anilines is 2. The summed E-state index contributed by atoms with van der Waals surface area (Å²) in [5, 5.41) is 14.5. The van der Waals surface area contributed by atoms with Crippen LogP contribution in [0.4, 0.5) is 10.8 Å². The van der Waals surface area contributed by atoms with E-state index in [1.165, 1.54) is 16.8 Å². The summed E-state index contributed by atoms with van der Waals surface area (Å²) in [4.78, 5) is 4.87. The van der Waals surface area contributed by atoms with Crippen molar-refractivity contribution in [3.8, 4) is 5.13 Å². The molecule has 4 aromatic rings. The Bertz CT molecular complexity index is 1140. The zero-order chi connectivity index (χ0) is 21.8. The van der Waals surface area contributed by atoms with Crippen molar-refractivity contribution in [2.45, 2.75) is 20.0 Å². The first-order valence-electron chi connectivity index (χ1n) is 11.1. The van der Waals surface area contributed by atoms with Gasteiger partial charge in [-0.15, -0.1) is 10.2 Å². The van der Waals surface area contributed by atoms with Crippen LogP contribution in [0.2, 0.25) is 0 Å². The van der Waals surface area contributed by atoms with E-state index >= 15 is 0 Å². The fourth-order valence-corrected chi connectivity index (χ4v) is 4.99. The van der Waals surface area contributed by atoms with E-state index in [2.05, 4.69) is 110 Å². The van der Waals surface area contributed by atoms with E-state index in [9.17, 15) is 0 Å². The molecule has 5 rings (SSSR count). The van der Waals surface area contributed by atoms with Gasteiger partial charge >= 0.3 is 0 Å². The summed E-state index contributed by atoms with van der Waals surface area (Å²) >= 11 is 1.66. The topological polar surface area (TPSA) is 49.2 Å². The largest absolute Gasteiger partial charge is 0.379 e. The van der Waals surface area contributed by atoms with E-state index in [1.54, 1.807) is 11.3 Å². The second kappa shape index (κ2) is 9.54. The molecule has 0 saturated carbocycles. The predicted octanol–water partition coefficient (Wildman–Crippen LogP) is 4.57. The van der Waals surface area contributed by atoms with E-state index in [4.69, 9.17) is 0 Å². The Kier molecular flexibility index (Phi) is 6.18. The number of para-hydroxylation sites is 1. The Morgan fingerprint density at radius 2 is 1.59 bits per heavy atom. The van der Waals surface area contributed by atoms with Crippen molar-refractivity contribution in [2.75, 3.05) is 36.4 Å². The SMILES string of the molecule is Cc1ccccc1NCc1cccn1-c1nnc(N2CCN(Cc3ccccc3)CC2)s1. The van der Waals surface area contributed by atoms with Gasteiger partial charge in [-0.1, -0.05) is 59.9 Å². The highest BCUT2D eigenvalue weighted by molar-refractivity contribution is 7.17. The Morgan fingerprint density at radius 1 is 0.844 bits per heavy atom. The van der Waals surface area contributed by atoms with Crippen LogP contribution in [0.5, 0.6) is 0 Å². The van der Waals surface area contributed by atoms with Crippen molar-refractivity contribution in [3.05, 3.63) is 89.7 Å². The number of nitrogens with one attached hydrogen (secondary N) is 1. The minimum absolute atomic E-state index is 0.741. The average molecular weight is 445 g/mol. The number of benzene rings is 2. The molecule has 3 heterocycles. The van der Waals surface area contributed by atoms with Crippen molar-refractivity contribution in [1.29, 1.82) is 0 Å². The smallest absolute Gasteiger partial charge is 0.218 e. The third-order valence-electron chi connectivity index (χ3n) is 5.94. The Balaban J connectivity index is 1.21. The van der Waals surface area contributed by atoms with Crippen LogP contribution in [0.25, 0.3) is 5.13 Å². The van der Waals surface area contributed by atoms with Crippen LogP contribution in [0.15, 0.2) is 72.9 Å². The number of hydrogen-bond acceptors (Lipinski definition) is 6. The summed E-state index contributed by atoms with van der Waals surface area (Å²) in [5.41, 5.74) is 4.95. The summed E-state index contributed by atoms with van der Waals surface area (Å²) < 4.78 is 2.14. The molecule has 1 N–H and O–H groups in total. The predicted molar refractivity (Wildman–Crippen MR) is 132 cm³/mol. The summed E-state index contributed by atoms with van der Waals surface area (Å²) in [6.45, 7) is 7.92. The quantitative estimate of drug-likeness (QED) is 0.452. The molecule has 0 unspecified atom stereocenters. The highest BCUT2D eigenvalue weighted by atomic mass is 32.1. The second-order valence-electron chi connectivity index (χ2n) is 8.15. The maximum Gasteiger partial charge on any atom is 0.218 e. The lowest BCUT2D eigenvalue weighted by atomic mass is 10.2. The Hall–Kier alpha value is -3.16. The summed E-state index contributed by atoms with van der Waals surface area (Å²) in [5.74, 6) is 0. The molecule has 1 fully saturated rings. The number of rotatable bonds is 7. The van der Waals surface area contributed by atoms with E-state index in [0.717, 1.165) is 55.2 Å². The van der Waals surface area contributed by atoms with E-state index in [-0.39, 0.29) is 0 Å². The maximum absolute atomic E-state index is 4.51. The molecular formula is C25H28N6S. The first kappa shape index (κ1) is 20.7. The van der Waals surface area contributed by atoms with Gasteiger partial charge < -0.3 is 10.2 Å². The molecule has 0 amide bonds. The molecular weight excluding hydrogens is 416 g/mol. The monoisotopic (exact) mass is 444 g/mol. The van der Waals surface area contributed by atoms with Crippen LogP contribution in [0, 0.1) is 6.92 Å². The maximum atomic E-state index is 4.51. The third kappa shape index (κ3) is 4.69. The molecule has 0 aliphatic carbocycles. The average Bonchev–Trinajstić information content (AvgIpc) is 3.49. The van der Waals surface area contributed by atoms with Gasteiger partial charge in [0.05, 0.1) is 6.54 Å². The number of aryl methyl sites for hydroxylation is 1. The lowest BCUT2D eigenvalue weighted by Crippen LogP contribution is -2.45. The van der Waals surface area contributed by atoms with Gasteiger partial charge in [-0.3, -0.25) is 9.47 Å². The van der Waals surface area contributed by atoms with Crippen molar-refractivity contribution in [3.63, 3.8) is 0 Å². The van der Waals surface area contributed by atoms with Crippen LogP contribution in [-0.2, 0) is 13.1 Å². The van der Waals surface area contributed by atoms with Crippen molar-refractivity contribution < 1.29 is 0 Å². The van der Waals surface area contributed by atoms with Gasteiger partial charge in [0.2, 0.25) is 10.3 Å². The van der Waals surface area contributed by atoms with E-state index in [1.807, 2.05) is 0 Å². The number of nitrogens with zero attached hydrogens (tertiary/aromatic N) is 5. The molecule has 0 atom stereocenters. The minimum atomic E-state index is 0.741. The van der Waals surface area contributed by atoms with Gasteiger partial charge in [-0.2, -0.15) is 0 Å². The van der Waals surface area contributed by atoms with Crippen LogP contribution in [0.3, 0.4) is 0 Å². The van der Waals surface area contributed by atoms with Crippen LogP contribution >= 0.6 is 11.3 Å². The summed E-state index contributed by atoms with van der Waals surface area (Å²) in [6, 6.07) is 23.3. The molecule has 1 aliphatic rings. The van der Waals surface area contributed by atoms with E-state index < -0.39 is 0 Å². The fraction of sp³-hybridized carbons (Fsp3) is 0.280. The summed E-state index contributed by atoms with van der Waals surface area (Å²) in [6.07, 6.45) is 2.07. The first-order valence-corrected chi connectivity index (χ1v) is 11.9. The summed E-state index contributed by atoms with van der Waals surface area (Å²) in [7, 11) is 0. The number of hydrogen-bond donors (Lipinski definition) is 1. The molecule has 164 valence electrons. The van der Waals surface area contributed by atoms with Crippen molar-refractivity contribution >= 4 is 22.2 Å². The highest BCUT2D eigenvalue weighted by Gasteiger charge is 2.21. The molecule has 2 aromatic carbocycles. The third-order valence-corrected chi connectivity index (χ3v) is 6.92. The van der Waals surface area contributed by atoms with Gasteiger partial charge in [0.25, 0.3) is 0 Å². The minimum Gasteiger partial charge on any atom is -0.379 e. The van der Waals surface area contributed by atoms with Gasteiger partial charge in [0.15, 0.2) is 0 Å². The number of piperazine rings is 1. The molecule has 6 nitrogen and oxygen atoms in total. The van der Waals surface area contributed by atoms with Gasteiger partial charge in [-0.05, 0) is 36.2 Å². The van der Waals surface area contributed by atoms with Crippen molar-refractivity contribution in [1.82, 2.24) is 19.7 Å². The zero-order valence-electron chi connectivity index (χ0n) is 18.3. The van der Waals surface area contributed by atoms with E-state index in [0.29, 0.717) is 0 Å². The normalized spacial score (nSPS) is 14.6. The standard InChI is InChI=1S/C25H28N6S/c1-20-8-5-6-12-23(20)26-18-22-11-7-13-31(22)25-28-27-24(32-25)30-16-14-29(15-17-30)19-21-9-3-2-4-10-21/h2-13,26H,14-19H2,1H3. The first-order chi connectivity index (χ1) is 15.8. The van der Waals surface area contributed by atoms with Gasteiger partial charge in [-0.25, -0.2) is 0 Å². The van der Waals surface area contributed by atoms with Crippen LogP contribution in [0.1, 0.15) is 16.8 Å². The molecule has 0 radical (unpaired) electrons. The molecule has 1 aliphatic heterocycles. The Labute approximate surface area is 193 Å². The second-order valence-corrected chi connectivity index (χ2v) is 9.09. The van der Waals surface area contributed by atoms with Gasteiger partial charge in [0, 0.05) is 50.3 Å². The zero-order valence-corrected chi connectivity index (χ0v) is 19.1. The molecule has 1 saturated heterocycles. The molecule has 0 bridgehead atoms. The molecule has 7 heteroatoms. The number of aromatic nitrogens is 3. The lowest BCUT2D eigenvalue weighted by molar-refractivity contribution is 0.249. The highest BCUT2D eigenvalue weighted by Crippen LogP contribution is 2.26. The molecule has 2 aromatic heterocycles. The van der Waals surface area contributed by atoms with Crippen LogP contribution < -0.4 is 10.2 Å². The lowest BCUT2D eigenvalue weighted by Gasteiger charge is -2.34.